The zero-order valence-electron chi connectivity index (χ0n) is 13.9. The molecule has 1 aromatic heterocycles. The molecule has 0 spiro atoms. The second kappa shape index (κ2) is 6.53. The number of furan rings is 1. The second-order valence-corrected chi connectivity index (χ2v) is 7.44. The van der Waals surface area contributed by atoms with Gasteiger partial charge in [0.05, 0.1) is 6.54 Å². The molecule has 0 aliphatic heterocycles. The monoisotopic (exact) mass is 351 g/mol. The van der Waals surface area contributed by atoms with Gasteiger partial charge in [0.1, 0.15) is 11.3 Å². The van der Waals surface area contributed by atoms with Gasteiger partial charge < -0.3 is 9.73 Å². The molecule has 116 valence electrons. The zero-order chi connectivity index (χ0) is 15.7. The maximum Gasteiger partial charge on any atom is 0.135 e. The van der Waals surface area contributed by atoms with Crippen molar-refractivity contribution in [3.63, 3.8) is 0 Å². The van der Waals surface area contributed by atoms with Crippen LogP contribution in [0.15, 0.2) is 15.0 Å². The topological polar surface area (TPSA) is 25.2 Å². The smallest absolute Gasteiger partial charge is 0.135 e. The summed E-state index contributed by atoms with van der Waals surface area (Å²) in [5, 5.41) is 4.77. The highest BCUT2D eigenvalue weighted by molar-refractivity contribution is 9.10. The summed E-state index contributed by atoms with van der Waals surface area (Å²) in [6.07, 6.45) is 1.05. The van der Waals surface area contributed by atoms with Crippen molar-refractivity contribution in [1.29, 1.82) is 0 Å². The van der Waals surface area contributed by atoms with Crippen LogP contribution in [0.1, 0.15) is 50.1 Å². The Labute approximate surface area is 136 Å². The van der Waals surface area contributed by atoms with Crippen LogP contribution in [0.2, 0.25) is 0 Å². The van der Waals surface area contributed by atoms with E-state index in [2.05, 4.69) is 68.9 Å². The summed E-state index contributed by atoms with van der Waals surface area (Å²) >= 11 is 3.71. The lowest BCUT2D eigenvalue weighted by atomic mass is 9.96. The molecule has 0 fully saturated rings. The predicted octanol–water partition coefficient (Wildman–Crippen LogP) is 5.51. The standard InChI is InChI=1S/C18H26BrNO/c1-10(2)7-14-16(9-20-11(3)4)21-15-8-12(5)18(19)13(6)17(14)15/h8,10-11,20H,7,9H2,1-6H3. The fourth-order valence-corrected chi connectivity index (χ4v) is 3.09. The number of halogens is 1. The van der Waals surface area contributed by atoms with E-state index in [0.717, 1.165) is 24.3 Å². The minimum atomic E-state index is 0.458. The Kier molecular flexibility index (Phi) is 5.15. The Morgan fingerprint density at radius 2 is 1.86 bits per heavy atom. The molecule has 2 aromatic rings. The molecule has 0 aliphatic rings. The van der Waals surface area contributed by atoms with Crippen molar-refractivity contribution in [3.05, 3.63) is 33.0 Å². The minimum Gasteiger partial charge on any atom is -0.459 e. The molecule has 0 bridgehead atoms. The number of rotatable bonds is 5. The molecule has 2 rings (SSSR count). The number of benzene rings is 1. The van der Waals surface area contributed by atoms with Crippen LogP contribution in [0.4, 0.5) is 0 Å². The minimum absolute atomic E-state index is 0.458. The maximum absolute atomic E-state index is 6.18. The maximum atomic E-state index is 6.18. The summed E-state index contributed by atoms with van der Waals surface area (Å²) in [5.41, 5.74) is 4.91. The van der Waals surface area contributed by atoms with Gasteiger partial charge in [-0.1, -0.05) is 43.6 Å². The number of hydrogen-bond donors (Lipinski definition) is 1. The number of aryl methyl sites for hydroxylation is 2. The molecule has 0 atom stereocenters. The van der Waals surface area contributed by atoms with Crippen molar-refractivity contribution in [2.45, 2.75) is 60.5 Å². The first kappa shape index (κ1) is 16.6. The molecule has 0 unspecified atom stereocenters. The van der Waals surface area contributed by atoms with Gasteiger partial charge in [0.25, 0.3) is 0 Å². The van der Waals surface area contributed by atoms with Crippen LogP contribution in [0.25, 0.3) is 11.0 Å². The van der Waals surface area contributed by atoms with Gasteiger partial charge in [-0.2, -0.15) is 0 Å². The van der Waals surface area contributed by atoms with Crippen molar-refractivity contribution in [2.24, 2.45) is 5.92 Å². The Balaban J connectivity index is 2.59. The Bertz CT molecular complexity index is 640. The third-order valence-corrected chi connectivity index (χ3v) is 5.02. The zero-order valence-corrected chi connectivity index (χ0v) is 15.5. The van der Waals surface area contributed by atoms with Gasteiger partial charge in [0.15, 0.2) is 0 Å². The summed E-state index contributed by atoms with van der Waals surface area (Å²) in [4.78, 5) is 0. The van der Waals surface area contributed by atoms with Crippen LogP contribution < -0.4 is 5.32 Å². The molecule has 21 heavy (non-hydrogen) atoms. The summed E-state index contributed by atoms with van der Waals surface area (Å²) in [6, 6.07) is 2.61. The van der Waals surface area contributed by atoms with E-state index in [4.69, 9.17) is 4.42 Å². The lowest BCUT2D eigenvalue weighted by Gasteiger charge is -2.10. The summed E-state index contributed by atoms with van der Waals surface area (Å²) in [6.45, 7) is 13.9. The normalized spacial score (nSPS) is 12.0. The first-order valence-electron chi connectivity index (χ1n) is 7.74. The molecular formula is C18H26BrNO. The fourth-order valence-electron chi connectivity index (χ4n) is 2.78. The van der Waals surface area contributed by atoms with E-state index in [-0.39, 0.29) is 0 Å². The van der Waals surface area contributed by atoms with Crippen LogP contribution in [0, 0.1) is 19.8 Å². The number of fused-ring (bicyclic) bond motifs is 1. The lowest BCUT2D eigenvalue weighted by Crippen LogP contribution is -2.22. The SMILES string of the molecule is Cc1cc2oc(CNC(C)C)c(CC(C)C)c2c(C)c1Br. The van der Waals surface area contributed by atoms with Crippen LogP contribution in [-0.4, -0.2) is 6.04 Å². The van der Waals surface area contributed by atoms with Crippen molar-refractivity contribution in [1.82, 2.24) is 5.32 Å². The largest absolute Gasteiger partial charge is 0.459 e. The van der Waals surface area contributed by atoms with Crippen LogP contribution in [-0.2, 0) is 13.0 Å². The van der Waals surface area contributed by atoms with Crippen LogP contribution >= 0.6 is 15.9 Å². The van der Waals surface area contributed by atoms with Gasteiger partial charge in [-0.25, -0.2) is 0 Å². The first-order chi connectivity index (χ1) is 9.81. The lowest BCUT2D eigenvalue weighted by molar-refractivity contribution is 0.478. The fraction of sp³-hybridized carbons (Fsp3) is 0.556. The molecule has 0 saturated heterocycles. The van der Waals surface area contributed by atoms with Crippen LogP contribution in [0.5, 0.6) is 0 Å². The average Bonchev–Trinajstić information content (AvgIpc) is 2.71. The second-order valence-electron chi connectivity index (χ2n) is 6.64. The number of nitrogens with one attached hydrogen (secondary N) is 1. The molecule has 0 saturated carbocycles. The highest BCUT2D eigenvalue weighted by Crippen LogP contribution is 2.36. The van der Waals surface area contributed by atoms with Gasteiger partial charge in [-0.3, -0.25) is 0 Å². The molecule has 1 N–H and O–H groups in total. The molecular weight excluding hydrogens is 326 g/mol. The van der Waals surface area contributed by atoms with Crippen molar-refractivity contribution >= 4 is 26.9 Å². The highest BCUT2D eigenvalue weighted by atomic mass is 79.9. The van der Waals surface area contributed by atoms with Gasteiger partial charge in [-0.15, -0.1) is 0 Å². The Hall–Kier alpha value is -0.800. The highest BCUT2D eigenvalue weighted by Gasteiger charge is 2.19. The van der Waals surface area contributed by atoms with E-state index < -0.39 is 0 Å². The molecule has 1 heterocycles. The van der Waals surface area contributed by atoms with E-state index in [1.54, 1.807) is 0 Å². The molecule has 1 aromatic carbocycles. The Morgan fingerprint density at radius 3 is 2.43 bits per heavy atom. The molecule has 0 radical (unpaired) electrons. The van der Waals surface area contributed by atoms with E-state index in [0.29, 0.717) is 12.0 Å². The molecule has 0 amide bonds. The quantitative estimate of drug-likeness (QED) is 0.768. The summed E-state index contributed by atoms with van der Waals surface area (Å²) in [5.74, 6) is 1.70. The van der Waals surface area contributed by atoms with Gasteiger partial charge in [-0.05, 0) is 43.4 Å². The molecule has 0 aliphatic carbocycles. The van der Waals surface area contributed by atoms with Gasteiger partial charge in [0.2, 0.25) is 0 Å². The van der Waals surface area contributed by atoms with E-state index >= 15 is 0 Å². The Morgan fingerprint density at radius 1 is 1.19 bits per heavy atom. The van der Waals surface area contributed by atoms with Crippen LogP contribution in [0.3, 0.4) is 0 Å². The van der Waals surface area contributed by atoms with Gasteiger partial charge >= 0.3 is 0 Å². The number of hydrogen-bond acceptors (Lipinski definition) is 2. The summed E-state index contributed by atoms with van der Waals surface area (Å²) in [7, 11) is 0. The van der Waals surface area contributed by atoms with E-state index in [1.807, 2.05) is 0 Å². The predicted molar refractivity (Wildman–Crippen MR) is 93.9 cm³/mol. The van der Waals surface area contributed by atoms with Crippen molar-refractivity contribution < 1.29 is 4.42 Å². The third-order valence-electron chi connectivity index (χ3n) is 3.80. The third kappa shape index (κ3) is 3.51. The van der Waals surface area contributed by atoms with Crippen molar-refractivity contribution in [2.75, 3.05) is 0 Å². The van der Waals surface area contributed by atoms with E-state index in [1.165, 1.54) is 26.5 Å². The molecule has 2 nitrogen and oxygen atoms in total. The van der Waals surface area contributed by atoms with E-state index in [9.17, 15) is 0 Å². The molecule has 3 heteroatoms. The first-order valence-corrected chi connectivity index (χ1v) is 8.53. The average molecular weight is 352 g/mol. The summed E-state index contributed by atoms with van der Waals surface area (Å²) < 4.78 is 7.38. The van der Waals surface area contributed by atoms with Crippen molar-refractivity contribution in [3.8, 4) is 0 Å². The van der Waals surface area contributed by atoms with Gasteiger partial charge in [0, 0.05) is 21.5 Å².